The number of hydrogen-bond acceptors (Lipinski definition) is 8. The Labute approximate surface area is 234 Å². The fourth-order valence-electron chi connectivity index (χ4n) is 4.00. The molecule has 0 aliphatic carbocycles. The van der Waals surface area contributed by atoms with E-state index in [1.165, 1.54) is 11.3 Å². The van der Waals surface area contributed by atoms with Gasteiger partial charge in [0.1, 0.15) is 42.1 Å². The van der Waals surface area contributed by atoms with Gasteiger partial charge in [-0.15, -0.1) is 10.2 Å². The Morgan fingerprint density at radius 1 is 0.975 bits per heavy atom. The number of rotatable bonds is 11. The van der Waals surface area contributed by atoms with Crippen molar-refractivity contribution in [3.05, 3.63) is 101 Å². The molecule has 40 heavy (non-hydrogen) atoms. The first-order valence-electron chi connectivity index (χ1n) is 12.4. The number of nitrogens with one attached hydrogen (secondary N) is 1. The Balaban J connectivity index is 1.26. The van der Waals surface area contributed by atoms with Gasteiger partial charge in [-0.05, 0) is 48.5 Å². The van der Waals surface area contributed by atoms with E-state index in [0.29, 0.717) is 23.9 Å². The molecule has 0 radical (unpaired) electrons. The first-order chi connectivity index (χ1) is 19.6. The van der Waals surface area contributed by atoms with Gasteiger partial charge in [0.25, 0.3) is 5.91 Å². The largest absolute Gasteiger partial charge is 0.497 e. The molecule has 0 saturated carbocycles. The summed E-state index contributed by atoms with van der Waals surface area (Å²) in [6.45, 7) is 1.24. The highest BCUT2D eigenvalue weighted by Gasteiger charge is 2.15. The molecule has 0 fully saturated rings. The molecule has 9 nitrogen and oxygen atoms in total. The Morgan fingerprint density at radius 3 is 2.48 bits per heavy atom. The molecule has 0 aliphatic rings. The predicted molar refractivity (Wildman–Crippen MR) is 153 cm³/mol. The van der Waals surface area contributed by atoms with Crippen LogP contribution in [0.15, 0.2) is 90.6 Å². The van der Waals surface area contributed by atoms with Gasteiger partial charge in [-0.1, -0.05) is 47.7 Å². The zero-order chi connectivity index (χ0) is 27.7. The molecule has 2 aromatic heterocycles. The van der Waals surface area contributed by atoms with Crippen molar-refractivity contribution in [2.24, 2.45) is 0 Å². The second-order valence-electron chi connectivity index (χ2n) is 8.55. The zero-order valence-electron chi connectivity index (χ0n) is 21.6. The first kappa shape index (κ1) is 26.5. The van der Waals surface area contributed by atoms with Crippen molar-refractivity contribution in [1.82, 2.24) is 14.8 Å². The van der Waals surface area contributed by atoms with Crippen molar-refractivity contribution in [2.45, 2.75) is 13.2 Å². The SMILES string of the molecule is COc1ccc(OCCn2cc(/C=C(/C#N)C(=O)Nc3nnc(COc4ccccc4)s3)c3ccccc32)cc1. The summed E-state index contributed by atoms with van der Waals surface area (Å²) in [5.41, 5.74) is 1.67. The van der Waals surface area contributed by atoms with Gasteiger partial charge in [0.15, 0.2) is 5.01 Å². The third-order valence-electron chi connectivity index (χ3n) is 5.94. The minimum absolute atomic E-state index is 0.0466. The monoisotopic (exact) mass is 551 g/mol. The number of methoxy groups -OCH3 is 1. The van der Waals surface area contributed by atoms with Crippen LogP contribution < -0.4 is 19.5 Å². The van der Waals surface area contributed by atoms with Crippen molar-refractivity contribution in [2.75, 3.05) is 19.0 Å². The van der Waals surface area contributed by atoms with Crippen molar-refractivity contribution in [3.8, 4) is 23.3 Å². The molecule has 3 aromatic carbocycles. The van der Waals surface area contributed by atoms with Crippen LogP contribution in [-0.2, 0) is 17.9 Å². The Kier molecular flexibility index (Phi) is 8.34. The van der Waals surface area contributed by atoms with Crippen LogP contribution in [0.5, 0.6) is 17.2 Å². The summed E-state index contributed by atoms with van der Waals surface area (Å²) in [7, 11) is 1.62. The summed E-state index contributed by atoms with van der Waals surface area (Å²) in [6.07, 6.45) is 3.50. The van der Waals surface area contributed by atoms with Gasteiger partial charge in [0.2, 0.25) is 5.13 Å². The van der Waals surface area contributed by atoms with Crippen molar-refractivity contribution >= 4 is 39.4 Å². The maximum absolute atomic E-state index is 12.9. The lowest BCUT2D eigenvalue weighted by Crippen LogP contribution is -2.13. The maximum atomic E-state index is 12.9. The van der Waals surface area contributed by atoms with Crippen molar-refractivity contribution < 1.29 is 19.0 Å². The van der Waals surface area contributed by atoms with Crippen LogP contribution in [-0.4, -0.2) is 34.4 Å². The quantitative estimate of drug-likeness (QED) is 0.165. The van der Waals surface area contributed by atoms with E-state index in [-0.39, 0.29) is 17.3 Å². The van der Waals surface area contributed by atoms with Crippen LogP contribution in [0.3, 0.4) is 0 Å². The first-order valence-corrected chi connectivity index (χ1v) is 13.2. The van der Waals surface area contributed by atoms with Crippen LogP contribution in [0.2, 0.25) is 0 Å². The summed E-state index contributed by atoms with van der Waals surface area (Å²) in [5, 5.41) is 22.3. The molecule has 0 bridgehead atoms. The van der Waals surface area contributed by atoms with Crippen molar-refractivity contribution in [1.29, 1.82) is 5.26 Å². The number of carbonyl (C=O) groups is 1. The van der Waals surface area contributed by atoms with Gasteiger partial charge in [-0.25, -0.2) is 0 Å². The molecule has 200 valence electrons. The second kappa shape index (κ2) is 12.6. The summed E-state index contributed by atoms with van der Waals surface area (Å²) in [4.78, 5) is 12.9. The molecular weight excluding hydrogens is 526 g/mol. The third kappa shape index (κ3) is 6.46. The number of aromatic nitrogens is 3. The molecule has 2 heterocycles. The minimum atomic E-state index is -0.561. The number of para-hydroxylation sites is 2. The van der Waals surface area contributed by atoms with E-state index in [9.17, 15) is 10.1 Å². The average molecular weight is 552 g/mol. The lowest BCUT2D eigenvalue weighted by molar-refractivity contribution is -0.112. The summed E-state index contributed by atoms with van der Waals surface area (Å²) in [5.74, 6) is 1.66. The van der Waals surface area contributed by atoms with Gasteiger partial charge in [-0.2, -0.15) is 5.26 Å². The zero-order valence-corrected chi connectivity index (χ0v) is 22.4. The van der Waals surface area contributed by atoms with Crippen LogP contribution in [0.1, 0.15) is 10.6 Å². The number of fused-ring (bicyclic) bond motifs is 1. The lowest BCUT2D eigenvalue weighted by atomic mass is 10.1. The predicted octanol–water partition coefficient (Wildman–Crippen LogP) is 5.71. The van der Waals surface area contributed by atoms with Gasteiger partial charge < -0.3 is 18.8 Å². The Hall–Kier alpha value is -5.14. The van der Waals surface area contributed by atoms with E-state index < -0.39 is 5.91 Å². The van der Waals surface area contributed by atoms with E-state index in [1.54, 1.807) is 13.2 Å². The molecule has 0 saturated heterocycles. The Morgan fingerprint density at radius 2 is 1.70 bits per heavy atom. The summed E-state index contributed by atoms with van der Waals surface area (Å²) < 4.78 is 18.8. The molecule has 1 N–H and O–H groups in total. The fraction of sp³-hybridized carbons (Fsp3) is 0.133. The van der Waals surface area contributed by atoms with Crippen LogP contribution in [0.4, 0.5) is 5.13 Å². The standard InChI is InChI=1S/C30H25N5O4S/c1-37-23-11-13-25(14-12-23)38-16-15-35-19-22(26-9-5-6-10-27(26)35)17-21(18-31)29(36)32-30-34-33-28(40-30)20-39-24-7-3-2-4-8-24/h2-14,17,19H,15-16,20H2,1H3,(H,32,34,36)/b21-17-. The second-order valence-corrected chi connectivity index (χ2v) is 9.61. The molecule has 0 unspecified atom stereocenters. The molecule has 0 spiro atoms. The smallest absolute Gasteiger partial charge is 0.268 e. The van der Waals surface area contributed by atoms with Gasteiger partial charge in [-0.3, -0.25) is 10.1 Å². The topological polar surface area (TPSA) is 111 Å². The lowest BCUT2D eigenvalue weighted by Gasteiger charge is -2.09. The minimum Gasteiger partial charge on any atom is -0.497 e. The van der Waals surface area contributed by atoms with E-state index in [2.05, 4.69) is 15.5 Å². The van der Waals surface area contributed by atoms with Crippen LogP contribution >= 0.6 is 11.3 Å². The molecule has 5 aromatic rings. The highest BCUT2D eigenvalue weighted by atomic mass is 32.1. The number of amides is 1. The average Bonchev–Trinajstić information content (AvgIpc) is 3.59. The molecule has 5 rings (SSSR count). The van der Waals surface area contributed by atoms with Gasteiger partial charge >= 0.3 is 0 Å². The van der Waals surface area contributed by atoms with Gasteiger partial charge in [0.05, 0.1) is 13.7 Å². The molecular formula is C30H25N5O4S. The van der Waals surface area contributed by atoms with Gasteiger partial charge in [0, 0.05) is 22.7 Å². The molecule has 0 aliphatic heterocycles. The molecule has 10 heteroatoms. The highest BCUT2D eigenvalue weighted by molar-refractivity contribution is 7.15. The van der Waals surface area contributed by atoms with Crippen LogP contribution in [0.25, 0.3) is 17.0 Å². The van der Waals surface area contributed by atoms with E-state index in [0.717, 1.165) is 28.0 Å². The number of ether oxygens (including phenoxy) is 3. The summed E-state index contributed by atoms with van der Waals surface area (Å²) in [6, 6.07) is 26.6. The Bertz CT molecular complexity index is 1670. The maximum Gasteiger partial charge on any atom is 0.268 e. The van der Waals surface area contributed by atoms with E-state index in [1.807, 2.05) is 95.7 Å². The fourth-order valence-corrected chi connectivity index (χ4v) is 4.65. The summed E-state index contributed by atoms with van der Waals surface area (Å²) >= 11 is 1.19. The third-order valence-corrected chi connectivity index (χ3v) is 6.75. The number of nitrogens with zero attached hydrogens (tertiary/aromatic N) is 4. The number of nitriles is 1. The van der Waals surface area contributed by atoms with Crippen molar-refractivity contribution in [3.63, 3.8) is 0 Å². The number of anilines is 1. The van der Waals surface area contributed by atoms with E-state index >= 15 is 0 Å². The number of hydrogen-bond donors (Lipinski definition) is 1. The molecule has 0 atom stereocenters. The molecule has 1 amide bonds. The number of benzene rings is 3. The van der Waals surface area contributed by atoms with Crippen LogP contribution in [0, 0.1) is 11.3 Å². The normalized spacial score (nSPS) is 11.2. The van der Waals surface area contributed by atoms with E-state index in [4.69, 9.17) is 14.2 Å². The number of carbonyl (C=O) groups excluding carboxylic acids is 1. The highest BCUT2D eigenvalue weighted by Crippen LogP contribution is 2.25.